The fraction of sp³-hybridized carbons (Fsp3) is 0.286. The van der Waals surface area contributed by atoms with E-state index in [1.807, 2.05) is 18.2 Å². The highest BCUT2D eigenvalue weighted by molar-refractivity contribution is 6.33. The number of nitrogens with one attached hydrogen (secondary N) is 1. The van der Waals surface area contributed by atoms with Crippen LogP contribution in [0.3, 0.4) is 0 Å². The molecule has 0 aliphatic carbocycles. The van der Waals surface area contributed by atoms with Crippen molar-refractivity contribution in [3.63, 3.8) is 0 Å². The molecule has 1 aromatic heterocycles. The number of rotatable bonds is 5. The first-order valence-electron chi connectivity index (χ1n) is 9.58. The van der Waals surface area contributed by atoms with E-state index in [1.54, 1.807) is 12.1 Å². The van der Waals surface area contributed by atoms with Gasteiger partial charge in [0.1, 0.15) is 5.75 Å². The fourth-order valence-corrected chi connectivity index (χ4v) is 3.84. The van der Waals surface area contributed by atoms with Crippen LogP contribution < -0.4 is 5.32 Å². The lowest BCUT2D eigenvalue weighted by atomic mass is 9.96. The minimum Gasteiger partial charge on any atom is -0.506 e. The lowest BCUT2D eigenvalue weighted by molar-refractivity contribution is -0.121. The second kappa shape index (κ2) is 9.04. The van der Waals surface area contributed by atoms with Crippen LogP contribution in [0.5, 0.6) is 5.75 Å². The largest absolute Gasteiger partial charge is 0.506 e. The van der Waals surface area contributed by atoms with E-state index in [1.165, 1.54) is 12.1 Å². The van der Waals surface area contributed by atoms with Gasteiger partial charge in [-0.15, -0.1) is 10.2 Å². The number of nitrogens with zero attached hydrogens (tertiary/aromatic N) is 3. The smallest absolute Gasteiger partial charge is 0.249 e. The van der Waals surface area contributed by atoms with Gasteiger partial charge in [-0.3, -0.25) is 9.69 Å². The number of halogens is 2. The van der Waals surface area contributed by atoms with Gasteiger partial charge >= 0.3 is 0 Å². The molecule has 9 heteroatoms. The number of aromatic nitrogens is 2. The molecule has 1 aliphatic heterocycles. The molecule has 3 aromatic rings. The molecule has 2 heterocycles. The van der Waals surface area contributed by atoms with E-state index in [4.69, 9.17) is 27.6 Å². The van der Waals surface area contributed by atoms with Crippen LogP contribution in [-0.2, 0) is 11.3 Å². The summed E-state index contributed by atoms with van der Waals surface area (Å²) in [7, 11) is 0. The number of hydrogen-bond acceptors (Lipinski definition) is 6. The van der Waals surface area contributed by atoms with Gasteiger partial charge < -0.3 is 14.8 Å². The van der Waals surface area contributed by atoms with Crippen LogP contribution in [0.1, 0.15) is 18.7 Å². The van der Waals surface area contributed by atoms with Crippen molar-refractivity contribution in [3.05, 3.63) is 58.4 Å². The van der Waals surface area contributed by atoms with Crippen molar-refractivity contribution in [2.45, 2.75) is 19.4 Å². The van der Waals surface area contributed by atoms with Gasteiger partial charge in [-0.1, -0.05) is 35.3 Å². The molecule has 156 valence electrons. The zero-order valence-electron chi connectivity index (χ0n) is 16.0. The quantitative estimate of drug-likeness (QED) is 0.556. The lowest BCUT2D eigenvalue weighted by Gasteiger charge is -2.30. The molecule has 0 saturated carbocycles. The first kappa shape index (κ1) is 20.7. The number of phenolic OH excluding ortho intramolecular Hbond substituents is 1. The van der Waals surface area contributed by atoms with Crippen LogP contribution in [0.4, 0.5) is 5.69 Å². The molecule has 1 saturated heterocycles. The highest BCUT2D eigenvalue weighted by atomic mass is 35.5. The Kier molecular flexibility index (Phi) is 6.22. The van der Waals surface area contributed by atoms with Crippen molar-refractivity contribution in [2.24, 2.45) is 5.92 Å². The second-order valence-electron chi connectivity index (χ2n) is 7.18. The van der Waals surface area contributed by atoms with Gasteiger partial charge in [-0.2, -0.15) is 0 Å². The molecule has 2 aromatic carbocycles. The lowest BCUT2D eigenvalue weighted by Crippen LogP contribution is -2.37. The molecule has 0 spiro atoms. The van der Waals surface area contributed by atoms with E-state index in [-0.39, 0.29) is 17.6 Å². The predicted molar refractivity (Wildman–Crippen MR) is 114 cm³/mol. The molecule has 0 atom stereocenters. The third kappa shape index (κ3) is 4.75. The average molecular weight is 447 g/mol. The Balaban J connectivity index is 1.31. The van der Waals surface area contributed by atoms with Crippen molar-refractivity contribution in [3.8, 4) is 17.2 Å². The maximum absolute atomic E-state index is 12.6. The van der Waals surface area contributed by atoms with Gasteiger partial charge in [0.05, 0.1) is 22.8 Å². The first-order chi connectivity index (χ1) is 14.5. The van der Waals surface area contributed by atoms with E-state index >= 15 is 0 Å². The number of carbonyl (C=O) groups excluding carboxylic acids is 1. The molecule has 7 nitrogen and oxygen atoms in total. The summed E-state index contributed by atoms with van der Waals surface area (Å²) in [5.41, 5.74) is 1.03. The topological polar surface area (TPSA) is 91.5 Å². The Morgan fingerprint density at radius 1 is 1.17 bits per heavy atom. The number of hydrogen-bond donors (Lipinski definition) is 2. The number of piperidine rings is 1. The third-order valence-corrected chi connectivity index (χ3v) is 5.67. The fourth-order valence-electron chi connectivity index (χ4n) is 3.45. The zero-order valence-corrected chi connectivity index (χ0v) is 17.5. The van der Waals surface area contributed by atoms with E-state index in [2.05, 4.69) is 20.4 Å². The standard InChI is InChI=1S/C21H20Cl2N4O3/c22-14-5-6-18(28)17(11-14)24-20(29)13-7-9-27(10-8-13)12-19-25-26-21(30-19)15-3-1-2-4-16(15)23/h1-6,11,13,28H,7-10,12H2,(H,24,29). The normalized spacial score (nSPS) is 15.3. The Morgan fingerprint density at radius 2 is 1.93 bits per heavy atom. The summed E-state index contributed by atoms with van der Waals surface area (Å²) in [6, 6.07) is 11.9. The van der Waals surface area contributed by atoms with Gasteiger partial charge in [-0.25, -0.2) is 0 Å². The number of phenols is 1. The summed E-state index contributed by atoms with van der Waals surface area (Å²) < 4.78 is 5.76. The van der Waals surface area contributed by atoms with Crippen molar-refractivity contribution < 1.29 is 14.3 Å². The number of aromatic hydroxyl groups is 1. The first-order valence-corrected chi connectivity index (χ1v) is 10.3. The second-order valence-corrected chi connectivity index (χ2v) is 8.03. The molecule has 0 unspecified atom stereocenters. The molecule has 2 N–H and O–H groups in total. The maximum atomic E-state index is 12.6. The Labute approximate surface area is 183 Å². The average Bonchev–Trinajstić information content (AvgIpc) is 3.20. The SMILES string of the molecule is O=C(Nc1cc(Cl)ccc1O)C1CCN(Cc2nnc(-c3ccccc3Cl)o2)CC1. The molecule has 0 radical (unpaired) electrons. The molecular formula is C21H20Cl2N4O3. The molecule has 1 amide bonds. The summed E-state index contributed by atoms with van der Waals surface area (Å²) >= 11 is 12.1. The summed E-state index contributed by atoms with van der Waals surface area (Å²) in [5, 5.41) is 21.9. The number of likely N-dealkylation sites (tertiary alicyclic amines) is 1. The van der Waals surface area contributed by atoms with Crippen molar-refractivity contribution in [2.75, 3.05) is 18.4 Å². The summed E-state index contributed by atoms with van der Waals surface area (Å²) in [6.07, 6.45) is 1.39. The van der Waals surface area contributed by atoms with Gasteiger partial charge in [0.2, 0.25) is 17.7 Å². The van der Waals surface area contributed by atoms with Crippen molar-refractivity contribution in [1.29, 1.82) is 0 Å². The Hall–Kier alpha value is -2.61. The third-order valence-electron chi connectivity index (χ3n) is 5.10. The highest BCUT2D eigenvalue weighted by Crippen LogP contribution is 2.29. The summed E-state index contributed by atoms with van der Waals surface area (Å²) in [5.74, 6) is 0.644. The summed E-state index contributed by atoms with van der Waals surface area (Å²) in [6.45, 7) is 1.97. The van der Waals surface area contributed by atoms with Crippen LogP contribution in [0, 0.1) is 5.92 Å². The van der Waals surface area contributed by atoms with Gasteiger partial charge in [-0.05, 0) is 56.3 Å². The maximum Gasteiger partial charge on any atom is 0.249 e. The molecule has 30 heavy (non-hydrogen) atoms. The summed E-state index contributed by atoms with van der Waals surface area (Å²) in [4.78, 5) is 14.7. The Morgan fingerprint density at radius 3 is 2.70 bits per heavy atom. The van der Waals surface area contributed by atoms with E-state index < -0.39 is 0 Å². The van der Waals surface area contributed by atoms with Crippen molar-refractivity contribution in [1.82, 2.24) is 15.1 Å². The van der Waals surface area contributed by atoms with Crippen molar-refractivity contribution >= 4 is 34.8 Å². The molecule has 1 aliphatic rings. The van der Waals surface area contributed by atoms with E-state index in [9.17, 15) is 9.90 Å². The molecule has 0 bridgehead atoms. The predicted octanol–water partition coefficient (Wildman–Crippen LogP) is 4.60. The monoisotopic (exact) mass is 446 g/mol. The minimum atomic E-state index is -0.138. The number of amides is 1. The number of anilines is 1. The minimum absolute atomic E-state index is 0.00379. The highest BCUT2D eigenvalue weighted by Gasteiger charge is 2.26. The van der Waals surface area contributed by atoms with E-state index in [0.29, 0.717) is 52.5 Å². The number of benzene rings is 2. The van der Waals surface area contributed by atoms with Crippen LogP contribution in [0.2, 0.25) is 10.0 Å². The van der Waals surface area contributed by atoms with Gasteiger partial charge in [0.15, 0.2) is 0 Å². The van der Waals surface area contributed by atoms with Crippen LogP contribution in [0.25, 0.3) is 11.5 Å². The molecular weight excluding hydrogens is 427 g/mol. The number of carbonyl (C=O) groups is 1. The van der Waals surface area contributed by atoms with E-state index in [0.717, 1.165) is 13.1 Å². The van der Waals surface area contributed by atoms with Crippen LogP contribution >= 0.6 is 23.2 Å². The Bertz CT molecular complexity index is 1050. The van der Waals surface area contributed by atoms with Gasteiger partial charge in [0, 0.05) is 10.9 Å². The molecule has 4 rings (SSSR count). The zero-order chi connectivity index (χ0) is 21.1. The molecule has 1 fully saturated rings. The van der Waals surface area contributed by atoms with Crippen LogP contribution in [0.15, 0.2) is 46.9 Å². The van der Waals surface area contributed by atoms with Gasteiger partial charge in [0.25, 0.3) is 0 Å². The van der Waals surface area contributed by atoms with Crippen LogP contribution in [-0.4, -0.2) is 39.2 Å².